The number of fused-ring (bicyclic) bond motifs is 1. The van der Waals surface area contributed by atoms with Gasteiger partial charge in [0.2, 0.25) is 11.8 Å². The van der Waals surface area contributed by atoms with E-state index in [0.717, 1.165) is 11.1 Å². The average Bonchev–Trinajstić information content (AvgIpc) is 3.13. The summed E-state index contributed by atoms with van der Waals surface area (Å²) in [5.74, 6) is -0.422. The van der Waals surface area contributed by atoms with Crippen LogP contribution < -0.4 is 9.64 Å². The van der Waals surface area contributed by atoms with Crippen LogP contribution in [0.5, 0.6) is 5.75 Å². The molecule has 1 fully saturated rings. The summed E-state index contributed by atoms with van der Waals surface area (Å²) in [4.78, 5) is 39.3. The van der Waals surface area contributed by atoms with E-state index in [9.17, 15) is 14.4 Å². The van der Waals surface area contributed by atoms with Crippen LogP contribution in [0.2, 0.25) is 0 Å². The Balaban J connectivity index is 1.21. The van der Waals surface area contributed by atoms with E-state index in [1.165, 1.54) is 4.90 Å². The number of rotatable bonds is 6. The molecule has 5 heteroatoms. The molecule has 0 N–H and O–H groups in total. The number of anilines is 1. The van der Waals surface area contributed by atoms with Gasteiger partial charge in [0.1, 0.15) is 5.75 Å². The summed E-state index contributed by atoms with van der Waals surface area (Å²) in [6, 6.07) is 24.2. The van der Waals surface area contributed by atoms with Crippen LogP contribution in [0.3, 0.4) is 0 Å². The van der Waals surface area contributed by atoms with Crippen molar-refractivity contribution in [2.75, 3.05) is 11.5 Å². The van der Waals surface area contributed by atoms with Crippen LogP contribution in [-0.4, -0.2) is 24.2 Å². The van der Waals surface area contributed by atoms with E-state index in [0.29, 0.717) is 29.8 Å². The molecule has 0 saturated carbocycles. The van der Waals surface area contributed by atoms with Gasteiger partial charge in [0.25, 0.3) is 0 Å². The van der Waals surface area contributed by atoms with Crippen LogP contribution in [-0.2, 0) is 9.59 Å². The Labute approximate surface area is 192 Å². The standard InChI is InChI=1S/C28H23NO4/c30-26(21-12-10-20(11-13-21)19-6-2-1-3-7-19)18-33-23-16-14-22(15-17-23)29-27(31)24-8-4-5-9-25(24)28(29)32/h1-7,10-17,24-25H,8-9,18H2/t24-,25-/m1/s1. The Morgan fingerprint density at radius 1 is 0.758 bits per heavy atom. The van der Waals surface area contributed by atoms with Gasteiger partial charge in [-0.05, 0) is 48.2 Å². The molecular weight excluding hydrogens is 414 g/mol. The quantitative estimate of drug-likeness (QED) is 0.307. The number of benzene rings is 3. The van der Waals surface area contributed by atoms with Crippen molar-refractivity contribution in [2.24, 2.45) is 11.8 Å². The maximum atomic E-state index is 12.7. The van der Waals surface area contributed by atoms with Gasteiger partial charge in [0.15, 0.2) is 12.4 Å². The van der Waals surface area contributed by atoms with Gasteiger partial charge < -0.3 is 4.74 Å². The van der Waals surface area contributed by atoms with Crippen molar-refractivity contribution in [3.8, 4) is 16.9 Å². The van der Waals surface area contributed by atoms with Gasteiger partial charge in [0, 0.05) is 5.56 Å². The second-order valence-electron chi connectivity index (χ2n) is 8.32. The highest BCUT2D eigenvalue weighted by molar-refractivity contribution is 6.22. The van der Waals surface area contributed by atoms with Crippen LogP contribution in [0.4, 0.5) is 5.69 Å². The fraction of sp³-hybridized carbons (Fsp3) is 0.179. The minimum absolute atomic E-state index is 0.0958. The van der Waals surface area contributed by atoms with Crippen molar-refractivity contribution in [3.63, 3.8) is 0 Å². The summed E-state index contributed by atoms with van der Waals surface area (Å²) < 4.78 is 5.66. The van der Waals surface area contributed by atoms with Gasteiger partial charge in [-0.1, -0.05) is 66.7 Å². The molecule has 1 heterocycles. The number of hydrogen-bond donors (Lipinski definition) is 0. The molecule has 1 aliphatic heterocycles. The molecule has 164 valence electrons. The third-order valence-corrected chi connectivity index (χ3v) is 6.29. The van der Waals surface area contributed by atoms with Gasteiger partial charge in [-0.2, -0.15) is 0 Å². The fourth-order valence-electron chi connectivity index (χ4n) is 4.46. The SMILES string of the molecule is O=C(COc1ccc(N2C(=O)[C@@H]3CC=CC[C@H]3C2=O)cc1)c1ccc(-c2ccccc2)cc1. The molecule has 0 bridgehead atoms. The lowest BCUT2D eigenvalue weighted by Crippen LogP contribution is -2.30. The monoisotopic (exact) mass is 437 g/mol. The zero-order valence-electron chi connectivity index (χ0n) is 18.0. The van der Waals surface area contributed by atoms with E-state index in [4.69, 9.17) is 4.74 Å². The smallest absolute Gasteiger partial charge is 0.238 e. The minimum Gasteiger partial charge on any atom is -0.485 e. The molecule has 0 radical (unpaired) electrons. The lowest BCUT2D eigenvalue weighted by atomic mass is 9.85. The van der Waals surface area contributed by atoms with Crippen LogP contribution in [0, 0.1) is 11.8 Å². The van der Waals surface area contributed by atoms with E-state index >= 15 is 0 Å². The van der Waals surface area contributed by atoms with Gasteiger partial charge in [0.05, 0.1) is 17.5 Å². The summed E-state index contributed by atoms with van der Waals surface area (Å²) in [6.07, 6.45) is 5.17. The maximum absolute atomic E-state index is 12.7. The van der Waals surface area contributed by atoms with Crippen LogP contribution in [0.25, 0.3) is 11.1 Å². The fourth-order valence-corrected chi connectivity index (χ4v) is 4.46. The summed E-state index contributed by atoms with van der Waals surface area (Å²) in [6.45, 7) is -0.0958. The average molecular weight is 437 g/mol. The first kappa shape index (κ1) is 20.9. The third-order valence-electron chi connectivity index (χ3n) is 6.29. The Bertz CT molecular complexity index is 1190. The zero-order valence-corrected chi connectivity index (χ0v) is 18.0. The first-order valence-electron chi connectivity index (χ1n) is 11.1. The predicted octanol–water partition coefficient (Wildman–Crippen LogP) is 5.07. The number of hydrogen-bond acceptors (Lipinski definition) is 4. The number of ether oxygens (including phenoxy) is 1. The Kier molecular flexibility index (Phi) is 5.61. The molecule has 33 heavy (non-hydrogen) atoms. The second-order valence-corrected chi connectivity index (χ2v) is 8.32. The molecule has 1 aliphatic carbocycles. The molecule has 0 aromatic heterocycles. The number of imide groups is 1. The second kappa shape index (κ2) is 8.87. The van der Waals surface area contributed by atoms with E-state index in [1.54, 1.807) is 36.4 Å². The van der Waals surface area contributed by atoms with Gasteiger partial charge in [-0.25, -0.2) is 0 Å². The van der Waals surface area contributed by atoms with Crippen molar-refractivity contribution in [1.82, 2.24) is 0 Å². The summed E-state index contributed by atoms with van der Waals surface area (Å²) in [5, 5.41) is 0. The Hall–Kier alpha value is -3.99. The number of allylic oxidation sites excluding steroid dienone is 2. The van der Waals surface area contributed by atoms with E-state index in [1.807, 2.05) is 54.6 Å². The molecule has 0 unspecified atom stereocenters. The molecule has 0 spiro atoms. The topological polar surface area (TPSA) is 63.7 Å². The summed E-state index contributed by atoms with van der Waals surface area (Å²) in [7, 11) is 0. The summed E-state index contributed by atoms with van der Waals surface area (Å²) in [5.41, 5.74) is 3.26. The highest BCUT2D eigenvalue weighted by atomic mass is 16.5. The first-order chi connectivity index (χ1) is 16.1. The highest BCUT2D eigenvalue weighted by Crippen LogP contribution is 2.38. The lowest BCUT2D eigenvalue weighted by Gasteiger charge is -2.15. The van der Waals surface area contributed by atoms with Crippen LogP contribution in [0.15, 0.2) is 91.0 Å². The molecule has 3 aromatic rings. The van der Waals surface area contributed by atoms with E-state index in [-0.39, 0.29) is 36.0 Å². The summed E-state index contributed by atoms with van der Waals surface area (Å²) >= 11 is 0. The number of ketones is 1. The van der Waals surface area contributed by atoms with Crippen molar-refractivity contribution < 1.29 is 19.1 Å². The highest BCUT2D eigenvalue weighted by Gasteiger charge is 2.47. The van der Waals surface area contributed by atoms with Crippen molar-refractivity contribution in [3.05, 3.63) is 96.6 Å². The molecule has 1 saturated heterocycles. The van der Waals surface area contributed by atoms with Crippen molar-refractivity contribution >= 4 is 23.3 Å². The number of carbonyl (C=O) groups is 3. The predicted molar refractivity (Wildman–Crippen MR) is 126 cm³/mol. The normalized spacial score (nSPS) is 19.5. The number of Topliss-reactive ketones (excluding diaryl/α,β-unsaturated/α-hetero) is 1. The van der Waals surface area contributed by atoms with Crippen molar-refractivity contribution in [2.45, 2.75) is 12.8 Å². The van der Waals surface area contributed by atoms with Gasteiger partial charge in [-0.15, -0.1) is 0 Å². The zero-order chi connectivity index (χ0) is 22.8. The van der Waals surface area contributed by atoms with Crippen molar-refractivity contribution in [1.29, 1.82) is 0 Å². The molecule has 5 nitrogen and oxygen atoms in total. The molecule has 5 rings (SSSR count). The Morgan fingerprint density at radius 2 is 1.33 bits per heavy atom. The molecule has 2 aliphatic rings. The van der Waals surface area contributed by atoms with E-state index < -0.39 is 0 Å². The largest absolute Gasteiger partial charge is 0.485 e. The van der Waals surface area contributed by atoms with Gasteiger partial charge in [-0.3, -0.25) is 19.3 Å². The van der Waals surface area contributed by atoms with E-state index in [2.05, 4.69) is 0 Å². The van der Waals surface area contributed by atoms with Crippen LogP contribution in [0.1, 0.15) is 23.2 Å². The molecule has 2 amide bonds. The number of amides is 2. The lowest BCUT2D eigenvalue weighted by molar-refractivity contribution is -0.122. The molecule has 2 atom stereocenters. The molecule has 3 aromatic carbocycles. The number of nitrogens with zero attached hydrogens (tertiary/aromatic N) is 1. The molecular formula is C28H23NO4. The van der Waals surface area contributed by atoms with Gasteiger partial charge >= 0.3 is 0 Å². The number of carbonyl (C=O) groups excluding carboxylic acids is 3. The third kappa shape index (κ3) is 4.10. The first-order valence-corrected chi connectivity index (χ1v) is 11.1. The van der Waals surface area contributed by atoms with Crippen LogP contribution >= 0.6 is 0 Å². The Morgan fingerprint density at radius 3 is 1.94 bits per heavy atom. The maximum Gasteiger partial charge on any atom is 0.238 e. The minimum atomic E-state index is -0.260.